The highest BCUT2D eigenvalue weighted by atomic mass is 19.1. The Hall–Kier alpha value is -3.67. The molecule has 1 aliphatic rings. The van der Waals surface area contributed by atoms with Crippen molar-refractivity contribution in [1.29, 1.82) is 0 Å². The van der Waals surface area contributed by atoms with E-state index >= 15 is 0 Å². The normalized spacial score (nSPS) is 18.2. The fraction of sp³-hybridized carbons (Fsp3) is 0.333. The van der Waals surface area contributed by atoms with E-state index in [-0.39, 0.29) is 31.2 Å². The Morgan fingerprint density at radius 1 is 0.944 bits per heavy atom. The molecule has 4 rings (SSSR count). The van der Waals surface area contributed by atoms with Crippen LogP contribution in [0.5, 0.6) is 5.75 Å². The molecule has 1 heterocycles. The van der Waals surface area contributed by atoms with Crippen LogP contribution < -0.4 is 10.1 Å². The highest BCUT2D eigenvalue weighted by Crippen LogP contribution is 2.27. The van der Waals surface area contributed by atoms with Crippen molar-refractivity contribution in [3.8, 4) is 5.75 Å². The minimum absolute atomic E-state index is 0.00597. The Bertz CT molecular complexity index is 1160. The van der Waals surface area contributed by atoms with E-state index in [0.29, 0.717) is 11.7 Å². The van der Waals surface area contributed by atoms with Crippen LogP contribution >= 0.6 is 0 Å². The first-order valence-electron chi connectivity index (χ1n) is 12.4. The van der Waals surface area contributed by atoms with Crippen molar-refractivity contribution in [3.05, 3.63) is 101 Å². The van der Waals surface area contributed by atoms with Gasteiger partial charge in [0.2, 0.25) is 11.8 Å². The number of carbonyl (C=O) groups is 2. The minimum atomic E-state index is -1.24. The number of nitrogens with one attached hydrogen (secondary N) is 1. The maximum atomic E-state index is 14.5. The molecule has 6 heteroatoms. The van der Waals surface area contributed by atoms with E-state index in [1.807, 2.05) is 42.5 Å². The number of halogens is 1. The molecular weight excluding hydrogens is 455 g/mol. The number of carbonyl (C=O) groups excluding carboxylic acids is 2. The highest BCUT2D eigenvalue weighted by Gasteiger charge is 2.40. The van der Waals surface area contributed by atoms with Crippen molar-refractivity contribution < 1.29 is 18.7 Å². The summed E-state index contributed by atoms with van der Waals surface area (Å²) in [4.78, 5) is 28.0. The third-order valence-corrected chi connectivity index (χ3v) is 6.74. The van der Waals surface area contributed by atoms with E-state index in [1.54, 1.807) is 31.4 Å². The summed E-state index contributed by atoms with van der Waals surface area (Å²) in [5.74, 6) is 0.480. The lowest BCUT2D eigenvalue weighted by atomic mass is 9.95. The summed E-state index contributed by atoms with van der Waals surface area (Å²) in [7, 11) is 1.58. The van der Waals surface area contributed by atoms with Crippen LogP contribution in [-0.2, 0) is 16.0 Å². The molecule has 0 aromatic heterocycles. The van der Waals surface area contributed by atoms with Crippen molar-refractivity contribution in [3.63, 3.8) is 0 Å². The minimum Gasteiger partial charge on any atom is -0.497 e. The summed E-state index contributed by atoms with van der Waals surface area (Å²) in [5, 5.41) is 3.11. The van der Waals surface area contributed by atoms with Gasteiger partial charge in [-0.3, -0.25) is 9.59 Å². The molecule has 1 N–H and O–H groups in total. The van der Waals surface area contributed by atoms with E-state index in [2.05, 4.69) is 31.3 Å². The van der Waals surface area contributed by atoms with Crippen LogP contribution in [-0.4, -0.2) is 42.6 Å². The Labute approximate surface area is 212 Å². The summed E-state index contributed by atoms with van der Waals surface area (Å²) >= 11 is 0. The third-order valence-electron chi connectivity index (χ3n) is 6.74. The molecule has 3 aromatic rings. The van der Waals surface area contributed by atoms with Crippen molar-refractivity contribution in [2.75, 3.05) is 13.7 Å². The van der Waals surface area contributed by atoms with Gasteiger partial charge in [-0.15, -0.1) is 0 Å². The molecule has 0 saturated carbocycles. The molecule has 0 aliphatic carbocycles. The Kier molecular flexibility index (Phi) is 8.04. The van der Waals surface area contributed by atoms with E-state index < -0.39 is 18.3 Å². The van der Waals surface area contributed by atoms with Crippen molar-refractivity contribution in [1.82, 2.24) is 10.2 Å². The van der Waals surface area contributed by atoms with E-state index in [1.165, 1.54) is 10.5 Å². The molecule has 1 saturated heterocycles. The van der Waals surface area contributed by atoms with E-state index in [4.69, 9.17) is 4.74 Å². The van der Waals surface area contributed by atoms with Gasteiger partial charge in [0, 0.05) is 6.42 Å². The number of hydrogen-bond acceptors (Lipinski definition) is 3. The lowest BCUT2D eigenvalue weighted by molar-refractivity contribution is -0.138. The molecule has 0 radical (unpaired) electrons. The van der Waals surface area contributed by atoms with Gasteiger partial charge >= 0.3 is 0 Å². The first-order valence-corrected chi connectivity index (χ1v) is 12.4. The lowest BCUT2D eigenvalue weighted by Gasteiger charge is -2.27. The number of alkyl halides is 1. The molecule has 3 aromatic carbocycles. The molecule has 3 unspecified atom stereocenters. The molecule has 188 valence electrons. The highest BCUT2D eigenvalue weighted by molar-refractivity contribution is 5.89. The van der Waals surface area contributed by atoms with Crippen molar-refractivity contribution >= 4 is 11.8 Å². The molecule has 0 spiro atoms. The standard InChI is InChI=1S/C30H33FN2O3/c1-20(2)22-11-13-24(14-12-22)29(23-7-5-4-6-8-23)32-30(35)27-18-25(31)19-33(27)28(34)17-21-9-15-26(36-3)16-10-21/h4-16,20,25,27,29H,17-19H2,1-3H3,(H,32,35). The largest absolute Gasteiger partial charge is 0.497 e. The first-order chi connectivity index (χ1) is 17.4. The van der Waals surface area contributed by atoms with Gasteiger partial charge in [-0.05, 0) is 40.3 Å². The smallest absolute Gasteiger partial charge is 0.243 e. The zero-order valence-electron chi connectivity index (χ0n) is 21.0. The van der Waals surface area contributed by atoms with Gasteiger partial charge in [-0.25, -0.2) is 4.39 Å². The number of amides is 2. The molecule has 1 aliphatic heterocycles. The zero-order chi connectivity index (χ0) is 25.7. The summed E-state index contributed by atoms with van der Waals surface area (Å²) in [5.41, 5.74) is 3.86. The Morgan fingerprint density at radius 2 is 1.56 bits per heavy atom. The number of hydrogen-bond donors (Lipinski definition) is 1. The summed E-state index contributed by atoms with van der Waals surface area (Å²) in [6, 6.07) is 23.8. The van der Waals surface area contributed by atoms with Crippen LogP contribution in [0, 0.1) is 0 Å². The number of benzene rings is 3. The molecule has 3 atom stereocenters. The second kappa shape index (κ2) is 11.4. The lowest BCUT2D eigenvalue weighted by Crippen LogP contribution is -2.47. The maximum Gasteiger partial charge on any atom is 0.243 e. The van der Waals surface area contributed by atoms with Gasteiger partial charge in [0.05, 0.1) is 26.1 Å². The van der Waals surface area contributed by atoms with E-state index in [9.17, 15) is 14.0 Å². The van der Waals surface area contributed by atoms with Crippen molar-refractivity contribution in [2.24, 2.45) is 0 Å². The van der Waals surface area contributed by atoms with Gasteiger partial charge in [0.15, 0.2) is 0 Å². The number of methoxy groups -OCH3 is 1. The molecular formula is C30H33FN2O3. The van der Waals surface area contributed by atoms with Gasteiger partial charge in [0.25, 0.3) is 0 Å². The quantitative estimate of drug-likeness (QED) is 0.474. The second-order valence-corrected chi connectivity index (χ2v) is 9.59. The second-order valence-electron chi connectivity index (χ2n) is 9.59. The van der Waals surface area contributed by atoms with Crippen LogP contribution in [0.2, 0.25) is 0 Å². The van der Waals surface area contributed by atoms with Crippen LogP contribution in [0.25, 0.3) is 0 Å². The van der Waals surface area contributed by atoms with Crippen LogP contribution in [0.4, 0.5) is 4.39 Å². The number of nitrogens with zero attached hydrogens (tertiary/aromatic N) is 1. The van der Waals surface area contributed by atoms with Crippen LogP contribution in [0.1, 0.15) is 54.5 Å². The third kappa shape index (κ3) is 5.93. The maximum absolute atomic E-state index is 14.5. The molecule has 5 nitrogen and oxygen atoms in total. The SMILES string of the molecule is COc1ccc(CC(=O)N2CC(F)CC2C(=O)NC(c2ccccc2)c2ccc(C(C)C)cc2)cc1. The van der Waals surface area contributed by atoms with Crippen molar-refractivity contribution in [2.45, 2.75) is 50.9 Å². The average molecular weight is 489 g/mol. The average Bonchev–Trinajstić information content (AvgIpc) is 3.30. The molecule has 2 amide bonds. The monoisotopic (exact) mass is 488 g/mol. The zero-order valence-corrected chi connectivity index (χ0v) is 21.0. The Balaban J connectivity index is 1.53. The predicted molar refractivity (Wildman–Crippen MR) is 139 cm³/mol. The van der Waals surface area contributed by atoms with Gasteiger partial charge in [-0.1, -0.05) is 80.6 Å². The van der Waals surface area contributed by atoms with Gasteiger partial charge in [0.1, 0.15) is 18.0 Å². The number of likely N-dealkylation sites (tertiary alicyclic amines) is 1. The summed E-state index contributed by atoms with van der Waals surface area (Å²) in [6.45, 7) is 4.19. The van der Waals surface area contributed by atoms with E-state index in [0.717, 1.165) is 16.7 Å². The Morgan fingerprint density at radius 3 is 2.17 bits per heavy atom. The molecule has 36 heavy (non-hydrogen) atoms. The van der Waals surface area contributed by atoms with Gasteiger partial charge < -0.3 is 15.0 Å². The number of rotatable bonds is 8. The number of ether oxygens (including phenoxy) is 1. The summed E-state index contributed by atoms with van der Waals surface area (Å²) < 4.78 is 19.7. The first kappa shape index (κ1) is 25.4. The topological polar surface area (TPSA) is 58.6 Å². The predicted octanol–water partition coefficient (Wildman–Crippen LogP) is 5.21. The van der Waals surface area contributed by atoms with Crippen LogP contribution in [0.3, 0.4) is 0 Å². The van der Waals surface area contributed by atoms with Gasteiger partial charge in [-0.2, -0.15) is 0 Å². The molecule has 0 bridgehead atoms. The van der Waals surface area contributed by atoms with Crippen LogP contribution in [0.15, 0.2) is 78.9 Å². The fourth-order valence-corrected chi connectivity index (χ4v) is 4.64. The molecule has 1 fully saturated rings. The fourth-order valence-electron chi connectivity index (χ4n) is 4.64. The summed E-state index contributed by atoms with van der Waals surface area (Å²) in [6.07, 6.45) is -1.14.